The van der Waals surface area contributed by atoms with Crippen LogP contribution in [-0.4, -0.2) is 12.1 Å². The summed E-state index contributed by atoms with van der Waals surface area (Å²) >= 11 is 0. The van der Waals surface area contributed by atoms with Crippen molar-refractivity contribution in [2.24, 2.45) is 5.73 Å². The topological polar surface area (TPSA) is 48.1 Å². The molecule has 1 rings (SSSR count). The number of rotatable bonds is 3. The minimum atomic E-state index is -4.51. The molecule has 0 aromatic carbocycles. The molecule has 2 N–H and O–H groups in total. The zero-order chi connectivity index (χ0) is 12.3. The monoisotopic (exact) mass is 270 g/mol. The Morgan fingerprint density at radius 2 is 2.06 bits per heavy atom. The maximum Gasteiger partial charge on any atom is 0.437 e. The van der Waals surface area contributed by atoms with E-state index in [1.54, 1.807) is 0 Å². The van der Waals surface area contributed by atoms with Crippen LogP contribution in [0.3, 0.4) is 0 Å². The summed E-state index contributed by atoms with van der Waals surface area (Å²) in [5.41, 5.74) is 5.21. The SMILES string of the molecule is CC[C@@H](N)c1cnc(C(F)(F)F)c(OC)c1.Cl. The van der Waals surface area contributed by atoms with E-state index in [0.29, 0.717) is 12.0 Å². The molecule has 1 aromatic rings. The molecule has 0 spiro atoms. The van der Waals surface area contributed by atoms with Gasteiger partial charge in [-0.3, -0.25) is 0 Å². The Labute approximate surface area is 104 Å². The van der Waals surface area contributed by atoms with Crippen LogP contribution in [0.25, 0.3) is 0 Å². The molecule has 0 fully saturated rings. The lowest BCUT2D eigenvalue weighted by molar-refractivity contribution is -0.142. The maximum atomic E-state index is 12.5. The summed E-state index contributed by atoms with van der Waals surface area (Å²) in [5.74, 6) is -0.297. The normalized spacial score (nSPS) is 12.8. The lowest BCUT2D eigenvalue weighted by Gasteiger charge is -2.14. The quantitative estimate of drug-likeness (QED) is 0.919. The van der Waals surface area contributed by atoms with E-state index < -0.39 is 11.9 Å². The van der Waals surface area contributed by atoms with Crippen LogP contribution in [0.5, 0.6) is 5.75 Å². The first-order valence-corrected chi connectivity index (χ1v) is 4.76. The van der Waals surface area contributed by atoms with Crippen molar-refractivity contribution < 1.29 is 17.9 Å². The molecule has 0 saturated carbocycles. The van der Waals surface area contributed by atoms with Crippen molar-refractivity contribution in [2.75, 3.05) is 7.11 Å². The third kappa shape index (κ3) is 3.74. The van der Waals surface area contributed by atoms with Gasteiger partial charge in [-0.2, -0.15) is 13.2 Å². The molecule has 7 heteroatoms. The van der Waals surface area contributed by atoms with Crippen molar-refractivity contribution in [1.29, 1.82) is 0 Å². The molecule has 0 saturated heterocycles. The van der Waals surface area contributed by atoms with E-state index in [1.165, 1.54) is 13.2 Å². The molecule has 98 valence electrons. The lowest BCUT2D eigenvalue weighted by Crippen LogP contribution is -2.14. The lowest BCUT2D eigenvalue weighted by atomic mass is 10.1. The second kappa shape index (κ2) is 6.07. The fraction of sp³-hybridized carbons (Fsp3) is 0.500. The third-order valence-corrected chi connectivity index (χ3v) is 2.23. The molecule has 1 aromatic heterocycles. The van der Waals surface area contributed by atoms with E-state index in [0.717, 1.165) is 6.20 Å². The zero-order valence-corrected chi connectivity index (χ0v) is 10.2. The van der Waals surface area contributed by atoms with Crippen LogP contribution < -0.4 is 10.5 Å². The zero-order valence-electron chi connectivity index (χ0n) is 9.41. The Balaban J connectivity index is 0.00000256. The van der Waals surface area contributed by atoms with Gasteiger partial charge in [0.15, 0.2) is 5.69 Å². The summed E-state index contributed by atoms with van der Waals surface area (Å²) in [6.45, 7) is 1.84. The number of nitrogens with two attached hydrogens (primary N) is 1. The number of aromatic nitrogens is 1. The van der Waals surface area contributed by atoms with Crippen LogP contribution in [0, 0.1) is 0 Å². The predicted octanol–water partition coefficient (Wildman–Crippen LogP) is 2.94. The van der Waals surface area contributed by atoms with Crippen LogP contribution in [0.2, 0.25) is 0 Å². The molecule has 0 aliphatic heterocycles. The van der Waals surface area contributed by atoms with Crippen molar-refractivity contribution in [3.8, 4) is 5.75 Å². The van der Waals surface area contributed by atoms with Crippen LogP contribution >= 0.6 is 12.4 Å². The average molecular weight is 271 g/mol. The van der Waals surface area contributed by atoms with E-state index in [9.17, 15) is 13.2 Å². The summed E-state index contributed by atoms with van der Waals surface area (Å²) in [4.78, 5) is 3.36. The molecule has 0 aliphatic rings. The molecule has 0 unspecified atom stereocenters. The van der Waals surface area contributed by atoms with Gasteiger partial charge in [0.1, 0.15) is 5.75 Å². The van der Waals surface area contributed by atoms with Crippen LogP contribution in [-0.2, 0) is 6.18 Å². The first kappa shape index (κ1) is 16.0. The fourth-order valence-electron chi connectivity index (χ4n) is 1.27. The Hall–Kier alpha value is -1.01. The molecule has 0 aliphatic carbocycles. The summed E-state index contributed by atoms with van der Waals surface area (Å²) in [6, 6.07) is 0.952. The van der Waals surface area contributed by atoms with Gasteiger partial charge in [-0.1, -0.05) is 6.92 Å². The van der Waals surface area contributed by atoms with Crippen molar-refractivity contribution in [1.82, 2.24) is 4.98 Å². The average Bonchev–Trinajstić information content (AvgIpc) is 2.25. The molecule has 3 nitrogen and oxygen atoms in total. The summed E-state index contributed by atoms with van der Waals surface area (Å²) < 4.78 is 42.1. The third-order valence-electron chi connectivity index (χ3n) is 2.23. The molecular formula is C10H14ClF3N2O. The number of hydrogen-bond donors (Lipinski definition) is 1. The van der Waals surface area contributed by atoms with E-state index in [-0.39, 0.29) is 24.2 Å². The van der Waals surface area contributed by atoms with Gasteiger partial charge in [0.25, 0.3) is 0 Å². The van der Waals surface area contributed by atoms with Crippen molar-refractivity contribution in [2.45, 2.75) is 25.6 Å². The largest absolute Gasteiger partial charge is 0.494 e. The number of hydrogen-bond acceptors (Lipinski definition) is 3. The number of pyridine rings is 1. The number of methoxy groups -OCH3 is 1. The van der Waals surface area contributed by atoms with Crippen molar-refractivity contribution in [3.63, 3.8) is 0 Å². The van der Waals surface area contributed by atoms with E-state index >= 15 is 0 Å². The summed E-state index contributed by atoms with van der Waals surface area (Å²) in [6.07, 6.45) is -2.75. The number of ether oxygens (including phenoxy) is 1. The van der Waals surface area contributed by atoms with Gasteiger partial charge >= 0.3 is 6.18 Å². The second-order valence-corrected chi connectivity index (χ2v) is 3.33. The van der Waals surface area contributed by atoms with E-state index in [4.69, 9.17) is 5.73 Å². The number of alkyl halides is 3. The molecule has 1 heterocycles. The Bertz CT molecular complexity index is 371. The highest BCUT2D eigenvalue weighted by molar-refractivity contribution is 5.85. The van der Waals surface area contributed by atoms with Gasteiger partial charge in [0.05, 0.1) is 7.11 Å². The molecule has 0 bridgehead atoms. The Morgan fingerprint density at radius 3 is 2.47 bits per heavy atom. The Kier molecular flexibility index (Phi) is 5.71. The van der Waals surface area contributed by atoms with E-state index in [2.05, 4.69) is 9.72 Å². The smallest absolute Gasteiger partial charge is 0.437 e. The van der Waals surface area contributed by atoms with Crippen LogP contribution in [0.1, 0.15) is 30.6 Å². The van der Waals surface area contributed by atoms with E-state index in [1.807, 2.05) is 6.92 Å². The minimum absolute atomic E-state index is 0. The molecule has 0 radical (unpaired) electrons. The van der Waals surface area contributed by atoms with Gasteiger partial charge in [-0.05, 0) is 18.1 Å². The van der Waals surface area contributed by atoms with Crippen LogP contribution in [0.15, 0.2) is 12.3 Å². The van der Waals surface area contributed by atoms with Crippen molar-refractivity contribution in [3.05, 3.63) is 23.5 Å². The fourth-order valence-corrected chi connectivity index (χ4v) is 1.27. The molecule has 0 amide bonds. The summed E-state index contributed by atoms with van der Waals surface area (Å²) in [7, 11) is 1.17. The van der Waals surface area contributed by atoms with Crippen LogP contribution in [0.4, 0.5) is 13.2 Å². The molecule has 17 heavy (non-hydrogen) atoms. The van der Waals surface area contributed by atoms with Gasteiger partial charge in [0, 0.05) is 12.2 Å². The van der Waals surface area contributed by atoms with Crippen molar-refractivity contribution >= 4 is 12.4 Å². The first-order valence-electron chi connectivity index (χ1n) is 4.76. The summed E-state index contributed by atoms with van der Waals surface area (Å²) in [5, 5.41) is 0. The highest BCUT2D eigenvalue weighted by atomic mass is 35.5. The van der Waals surface area contributed by atoms with Gasteiger partial charge in [-0.15, -0.1) is 12.4 Å². The first-order chi connectivity index (χ1) is 7.40. The standard InChI is InChI=1S/C10H13F3N2O.ClH/c1-3-7(14)6-4-8(16-2)9(15-5-6)10(11,12)13;/h4-5,7H,3,14H2,1-2H3;1H/t7-;/m1./s1. The molecular weight excluding hydrogens is 257 g/mol. The second-order valence-electron chi connectivity index (χ2n) is 3.33. The van der Waals surface area contributed by atoms with Gasteiger partial charge in [-0.25, -0.2) is 4.98 Å². The minimum Gasteiger partial charge on any atom is -0.494 e. The number of nitrogens with zero attached hydrogens (tertiary/aromatic N) is 1. The highest BCUT2D eigenvalue weighted by Gasteiger charge is 2.36. The maximum absolute atomic E-state index is 12.5. The molecule has 1 atom stereocenters. The Morgan fingerprint density at radius 1 is 1.47 bits per heavy atom. The number of halogens is 4. The van der Waals surface area contributed by atoms with Gasteiger partial charge < -0.3 is 10.5 Å². The highest BCUT2D eigenvalue weighted by Crippen LogP contribution is 2.35. The predicted molar refractivity (Wildman–Crippen MR) is 60.3 cm³/mol. The van der Waals surface area contributed by atoms with Gasteiger partial charge in [0.2, 0.25) is 0 Å².